The summed E-state index contributed by atoms with van der Waals surface area (Å²) in [6.45, 7) is 4.20. The molecule has 0 N–H and O–H groups in total. The third-order valence-corrected chi connectivity index (χ3v) is 2.96. The van der Waals surface area contributed by atoms with Gasteiger partial charge in [0.25, 0.3) is 0 Å². The van der Waals surface area contributed by atoms with Gasteiger partial charge in [0.15, 0.2) is 0 Å². The second kappa shape index (κ2) is 3.09. The smallest absolute Gasteiger partial charge is 0.0420 e. The molecule has 12 heavy (non-hydrogen) atoms. The van der Waals surface area contributed by atoms with Crippen molar-refractivity contribution in [2.75, 3.05) is 5.75 Å². The minimum absolute atomic E-state index is 0.860. The largest absolute Gasteiger partial charge is 0.258 e. The van der Waals surface area contributed by atoms with Crippen LogP contribution in [-0.4, -0.2) is 16.0 Å². The fourth-order valence-corrected chi connectivity index (χ4v) is 1.99. The molecule has 2 rings (SSSR count). The van der Waals surface area contributed by atoms with E-state index in [-0.39, 0.29) is 0 Å². The van der Waals surface area contributed by atoms with E-state index >= 15 is 0 Å². The number of aryl methyl sites for hydroxylation is 2. The fourth-order valence-electron chi connectivity index (χ4n) is 1.45. The predicted octanol–water partition coefficient (Wildman–Crippen LogP) is 2.36. The molecule has 1 unspecified atom stereocenters. The molecule has 0 radical (unpaired) electrons. The molecule has 1 nitrogen and oxygen atoms in total. The number of pyridine rings is 1. The standard InChI is InChI=1S/C10H13NS/c1-7-3-8(2)11-9(4-7)5-10-6-12-10/h3-4,10H,5-6H2,1-2H3. The third-order valence-electron chi connectivity index (χ3n) is 1.99. The average molecular weight is 179 g/mol. The molecule has 0 saturated carbocycles. The Labute approximate surface area is 77.6 Å². The first-order chi connectivity index (χ1) is 5.74. The van der Waals surface area contributed by atoms with E-state index < -0.39 is 0 Å². The average Bonchev–Trinajstić information content (AvgIpc) is 2.68. The van der Waals surface area contributed by atoms with E-state index in [1.54, 1.807) is 0 Å². The van der Waals surface area contributed by atoms with Crippen LogP contribution in [0.2, 0.25) is 0 Å². The molecule has 0 spiro atoms. The van der Waals surface area contributed by atoms with Gasteiger partial charge in [0.1, 0.15) is 0 Å². The molecule has 64 valence electrons. The molecule has 1 atom stereocenters. The van der Waals surface area contributed by atoms with Crippen LogP contribution in [0.25, 0.3) is 0 Å². The number of hydrogen-bond donors (Lipinski definition) is 0. The normalized spacial score (nSPS) is 21.0. The van der Waals surface area contributed by atoms with E-state index in [9.17, 15) is 0 Å². The monoisotopic (exact) mass is 179 g/mol. The summed E-state index contributed by atoms with van der Waals surface area (Å²) < 4.78 is 0. The highest BCUT2D eigenvalue weighted by molar-refractivity contribution is 8.06. The first-order valence-electron chi connectivity index (χ1n) is 4.30. The van der Waals surface area contributed by atoms with Crippen molar-refractivity contribution in [3.05, 3.63) is 29.1 Å². The van der Waals surface area contributed by atoms with Crippen molar-refractivity contribution in [2.24, 2.45) is 0 Å². The van der Waals surface area contributed by atoms with Gasteiger partial charge < -0.3 is 0 Å². The summed E-state index contributed by atoms with van der Waals surface area (Å²) in [6, 6.07) is 4.33. The van der Waals surface area contributed by atoms with Gasteiger partial charge in [-0.2, -0.15) is 11.8 Å². The van der Waals surface area contributed by atoms with Crippen LogP contribution >= 0.6 is 11.8 Å². The van der Waals surface area contributed by atoms with Crippen molar-refractivity contribution in [3.8, 4) is 0 Å². The molecule has 1 aliphatic rings. The maximum atomic E-state index is 4.50. The Kier molecular flexibility index (Phi) is 2.09. The second-order valence-corrected chi connectivity index (χ2v) is 4.77. The first kappa shape index (κ1) is 8.11. The van der Waals surface area contributed by atoms with Gasteiger partial charge in [-0.15, -0.1) is 0 Å². The molecule has 1 aliphatic heterocycles. The van der Waals surface area contributed by atoms with E-state index in [4.69, 9.17) is 0 Å². The molecule has 1 fully saturated rings. The van der Waals surface area contributed by atoms with Crippen LogP contribution in [0.1, 0.15) is 17.0 Å². The third kappa shape index (κ3) is 2.01. The summed E-state index contributed by atoms with van der Waals surface area (Å²) in [5.74, 6) is 1.33. The summed E-state index contributed by atoms with van der Waals surface area (Å²) in [5, 5.41) is 0.860. The minimum atomic E-state index is 0.860. The van der Waals surface area contributed by atoms with Gasteiger partial charge in [-0.25, -0.2) is 0 Å². The van der Waals surface area contributed by atoms with Crippen molar-refractivity contribution < 1.29 is 0 Å². The molecule has 2 heteroatoms. The van der Waals surface area contributed by atoms with E-state index in [0.29, 0.717) is 0 Å². The SMILES string of the molecule is Cc1cc(C)nc(CC2CS2)c1. The first-order valence-corrected chi connectivity index (χ1v) is 5.35. The van der Waals surface area contributed by atoms with Gasteiger partial charge in [0.05, 0.1) is 0 Å². The second-order valence-electron chi connectivity index (χ2n) is 3.44. The Balaban J connectivity index is 2.18. The lowest BCUT2D eigenvalue weighted by molar-refractivity contribution is 0.940. The molecule has 0 aliphatic carbocycles. The number of thioether (sulfide) groups is 1. The van der Waals surface area contributed by atoms with Gasteiger partial charge >= 0.3 is 0 Å². The molecule has 2 heterocycles. The molecule has 1 saturated heterocycles. The Morgan fingerprint density at radius 3 is 2.83 bits per heavy atom. The number of nitrogens with zero attached hydrogens (tertiary/aromatic N) is 1. The van der Waals surface area contributed by atoms with Crippen molar-refractivity contribution in [3.63, 3.8) is 0 Å². The van der Waals surface area contributed by atoms with Gasteiger partial charge in [-0.3, -0.25) is 4.98 Å². The Hall–Kier alpha value is -0.500. The quantitative estimate of drug-likeness (QED) is 0.646. The topological polar surface area (TPSA) is 12.9 Å². The zero-order chi connectivity index (χ0) is 8.55. The Bertz CT molecular complexity index is 272. The van der Waals surface area contributed by atoms with Crippen LogP contribution in [0.3, 0.4) is 0 Å². The van der Waals surface area contributed by atoms with Crippen molar-refractivity contribution in [2.45, 2.75) is 25.5 Å². The van der Waals surface area contributed by atoms with Crippen LogP contribution in [0.5, 0.6) is 0 Å². The number of hydrogen-bond acceptors (Lipinski definition) is 2. The summed E-state index contributed by atoms with van der Waals surface area (Å²) in [4.78, 5) is 4.50. The summed E-state index contributed by atoms with van der Waals surface area (Å²) in [5.41, 5.74) is 3.75. The van der Waals surface area contributed by atoms with Gasteiger partial charge in [-0.05, 0) is 31.5 Å². The van der Waals surface area contributed by atoms with Crippen LogP contribution in [0.4, 0.5) is 0 Å². The van der Waals surface area contributed by atoms with Gasteiger partial charge in [-0.1, -0.05) is 0 Å². The van der Waals surface area contributed by atoms with E-state index in [2.05, 4.69) is 31.0 Å². The molecule has 0 bridgehead atoms. The van der Waals surface area contributed by atoms with Crippen molar-refractivity contribution in [1.29, 1.82) is 0 Å². The van der Waals surface area contributed by atoms with Gasteiger partial charge in [0.2, 0.25) is 0 Å². The Morgan fingerprint density at radius 1 is 1.50 bits per heavy atom. The Morgan fingerprint density at radius 2 is 2.25 bits per heavy atom. The van der Waals surface area contributed by atoms with E-state index in [1.165, 1.54) is 17.0 Å². The summed E-state index contributed by atoms with van der Waals surface area (Å²) in [6.07, 6.45) is 1.16. The zero-order valence-electron chi connectivity index (χ0n) is 7.50. The molecular formula is C10H13NS. The predicted molar refractivity (Wildman–Crippen MR) is 53.7 cm³/mol. The summed E-state index contributed by atoms with van der Waals surface area (Å²) >= 11 is 2.03. The fraction of sp³-hybridized carbons (Fsp3) is 0.500. The lowest BCUT2D eigenvalue weighted by atomic mass is 10.1. The minimum Gasteiger partial charge on any atom is -0.258 e. The highest BCUT2D eigenvalue weighted by Crippen LogP contribution is 2.32. The maximum absolute atomic E-state index is 4.50. The molecule has 1 aromatic rings. The zero-order valence-corrected chi connectivity index (χ0v) is 8.32. The van der Waals surface area contributed by atoms with E-state index in [1.807, 2.05) is 11.8 Å². The van der Waals surface area contributed by atoms with Crippen LogP contribution in [-0.2, 0) is 6.42 Å². The van der Waals surface area contributed by atoms with Crippen LogP contribution < -0.4 is 0 Å². The number of aromatic nitrogens is 1. The maximum Gasteiger partial charge on any atom is 0.0420 e. The molecular weight excluding hydrogens is 166 g/mol. The molecule has 1 aromatic heterocycles. The lowest BCUT2D eigenvalue weighted by Gasteiger charge is -2.01. The highest BCUT2D eigenvalue weighted by Gasteiger charge is 2.22. The molecule has 0 amide bonds. The highest BCUT2D eigenvalue weighted by atomic mass is 32.2. The van der Waals surface area contributed by atoms with E-state index in [0.717, 1.165) is 17.4 Å². The van der Waals surface area contributed by atoms with Gasteiger partial charge in [0, 0.05) is 28.8 Å². The lowest BCUT2D eigenvalue weighted by Crippen LogP contribution is -1.97. The van der Waals surface area contributed by atoms with Crippen molar-refractivity contribution >= 4 is 11.8 Å². The number of rotatable bonds is 2. The van der Waals surface area contributed by atoms with Crippen molar-refractivity contribution in [1.82, 2.24) is 4.98 Å². The molecule has 0 aromatic carbocycles. The van der Waals surface area contributed by atoms with Crippen LogP contribution in [0.15, 0.2) is 12.1 Å². The van der Waals surface area contributed by atoms with Crippen LogP contribution in [0, 0.1) is 13.8 Å². The summed E-state index contributed by atoms with van der Waals surface area (Å²) in [7, 11) is 0.